The molecule has 28 heavy (non-hydrogen) atoms. The van der Waals surface area contributed by atoms with Gasteiger partial charge in [-0.1, -0.05) is 6.92 Å². The number of hydrogen-bond donors (Lipinski definition) is 1. The number of H-pyrrole nitrogens is 1. The monoisotopic (exact) mass is 373 g/mol. The Labute approximate surface area is 164 Å². The highest BCUT2D eigenvalue weighted by atomic mass is 16.2. The highest BCUT2D eigenvalue weighted by molar-refractivity contribution is 5.94. The van der Waals surface area contributed by atoms with E-state index < -0.39 is 0 Å². The van der Waals surface area contributed by atoms with Crippen molar-refractivity contribution < 1.29 is 4.79 Å². The molecule has 1 aliphatic heterocycles. The summed E-state index contributed by atoms with van der Waals surface area (Å²) in [5.41, 5.74) is 3.19. The fourth-order valence-electron chi connectivity index (χ4n) is 4.04. The number of likely N-dealkylation sites (N-methyl/N-ethyl adjacent to an activating group) is 1. The number of hydrogen-bond acceptors (Lipinski definition) is 4. The zero-order valence-corrected chi connectivity index (χ0v) is 16.1. The number of fused-ring (bicyclic) bond motifs is 1. The average Bonchev–Trinajstić information content (AvgIpc) is 3.22. The SMILES string of the molecule is C[C@@H]1CCN(C(=O)c2ccc(C#N)cc2)C[C@@H]1N(C)c1ccnc2[nH]ccc12. The fraction of sp³-hybridized carbons (Fsp3) is 0.318. The molecule has 0 spiro atoms. The van der Waals surface area contributed by atoms with Gasteiger partial charge in [0, 0.05) is 55.2 Å². The zero-order valence-electron chi connectivity index (χ0n) is 16.1. The normalized spacial score (nSPS) is 19.4. The van der Waals surface area contributed by atoms with E-state index in [-0.39, 0.29) is 11.9 Å². The van der Waals surface area contributed by atoms with Gasteiger partial charge in [0.1, 0.15) is 5.65 Å². The minimum absolute atomic E-state index is 0.0244. The van der Waals surface area contributed by atoms with Gasteiger partial charge in [0.2, 0.25) is 0 Å². The predicted molar refractivity (Wildman–Crippen MR) is 109 cm³/mol. The van der Waals surface area contributed by atoms with Crippen molar-refractivity contribution in [2.45, 2.75) is 19.4 Å². The van der Waals surface area contributed by atoms with Crippen LogP contribution in [0.5, 0.6) is 0 Å². The van der Waals surface area contributed by atoms with Crippen molar-refractivity contribution in [1.82, 2.24) is 14.9 Å². The van der Waals surface area contributed by atoms with Gasteiger partial charge in [-0.15, -0.1) is 0 Å². The quantitative estimate of drug-likeness (QED) is 0.763. The second kappa shape index (κ2) is 7.35. The summed E-state index contributed by atoms with van der Waals surface area (Å²) in [5.74, 6) is 0.494. The number of amides is 1. The molecular formula is C22H23N5O. The largest absolute Gasteiger partial charge is 0.369 e. The third-order valence-corrected chi connectivity index (χ3v) is 5.78. The molecule has 0 saturated carbocycles. The molecule has 0 bridgehead atoms. The molecule has 1 aromatic carbocycles. The molecular weight excluding hydrogens is 350 g/mol. The lowest BCUT2D eigenvalue weighted by Crippen LogP contribution is -2.52. The lowest BCUT2D eigenvalue weighted by atomic mass is 9.91. The van der Waals surface area contributed by atoms with Crippen molar-refractivity contribution in [2.24, 2.45) is 5.92 Å². The first-order chi connectivity index (χ1) is 13.6. The molecule has 6 heteroatoms. The highest BCUT2D eigenvalue weighted by Gasteiger charge is 2.32. The van der Waals surface area contributed by atoms with Gasteiger partial charge in [-0.05, 0) is 48.7 Å². The van der Waals surface area contributed by atoms with Crippen LogP contribution in [0.3, 0.4) is 0 Å². The Morgan fingerprint density at radius 2 is 2.07 bits per heavy atom. The Morgan fingerprint density at radius 3 is 2.82 bits per heavy atom. The van der Waals surface area contributed by atoms with Gasteiger partial charge in [0.15, 0.2) is 0 Å². The van der Waals surface area contributed by atoms with Gasteiger partial charge in [0.25, 0.3) is 5.91 Å². The Morgan fingerprint density at radius 1 is 1.29 bits per heavy atom. The number of aromatic nitrogens is 2. The average molecular weight is 373 g/mol. The maximum Gasteiger partial charge on any atom is 0.253 e. The molecule has 1 fully saturated rings. The Bertz CT molecular complexity index is 1030. The van der Waals surface area contributed by atoms with E-state index in [1.54, 1.807) is 24.3 Å². The number of nitrogens with one attached hydrogen (secondary N) is 1. The van der Waals surface area contributed by atoms with Crippen LogP contribution in [0.1, 0.15) is 29.3 Å². The van der Waals surface area contributed by atoms with Crippen molar-refractivity contribution in [3.05, 3.63) is 59.9 Å². The summed E-state index contributed by atoms with van der Waals surface area (Å²) < 4.78 is 0. The molecule has 0 radical (unpaired) electrons. The van der Waals surface area contributed by atoms with Gasteiger partial charge < -0.3 is 14.8 Å². The van der Waals surface area contributed by atoms with Crippen molar-refractivity contribution >= 4 is 22.6 Å². The molecule has 0 aliphatic carbocycles. The number of pyridine rings is 1. The number of likely N-dealkylation sites (tertiary alicyclic amines) is 1. The topological polar surface area (TPSA) is 76.0 Å². The summed E-state index contributed by atoms with van der Waals surface area (Å²) in [6.45, 7) is 3.67. The first-order valence-corrected chi connectivity index (χ1v) is 9.53. The molecule has 142 valence electrons. The van der Waals surface area contributed by atoms with Crippen LogP contribution in [0.4, 0.5) is 5.69 Å². The molecule has 3 aromatic rings. The van der Waals surface area contributed by atoms with Crippen LogP contribution in [0.15, 0.2) is 48.8 Å². The van der Waals surface area contributed by atoms with Crippen LogP contribution < -0.4 is 4.90 Å². The van der Waals surface area contributed by atoms with Gasteiger partial charge >= 0.3 is 0 Å². The first kappa shape index (κ1) is 18.1. The summed E-state index contributed by atoms with van der Waals surface area (Å²) in [6.07, 6.45) is 4.68. The van der Waals surface area contributed by atoms with Crippen LogP contribution in [0.25, 0.3) is 11.0 Å². The fourth-order valence-corrected chi connectivity index (χ4v) is 4.04. The summed E-state index contributed by atoms with van der Waals surface area (Å²) in [6, 6.07) is 13.3. The van der Waals surface area contributed by atoms with Crippen molar-refractivity contribution in [3.8, 4) is 6.07 Å². The van der Waals surface area contributed by atoms with E-state index in [9.17, 15) is 4.79 Å². The van der Waals surface area contributed by atoms with Crippen LogP contribution >= 0.6 is 0 Å². The second-order valence-corrected chi connectivity index (χ2v) is 7.45. The van der Waals surface area contributed by atoms with E-state index >= 15 is 0 Å². The Hall–Kier alpha value is -3.33. The van der Waals surface area contributed by atoms with Crippen LogP contribution in [0.2, 0.25) is 0 Å². The van der Waals surface area contributed by atoms with Crippen LogP contribution in [0, 0.1) is 17.2 Å². The maximum atomic E-state index is 13.0. The molecule has 1 aliphatic rings. The molecule has 2 atom stereocenters. The molecule has 3 heterocycles. The van der Waals surface area contributed by atoms with Gasteiger partial charge in [0.05, 0.1) is 11.6 Å². The smallest absolute Gasteiger partial charge is 0.253 e. The van der Waals surface area contributed by atoms with E-state index in [2.05, 4.69) is 34.9 Å². The number of benzene rings is 1. The number of anilines is 1. The number of nitriles is 1. The van der Waals surface area contributed by atoms with Crippen molar-refractivity contribution in [3.63, 3.8) is 0 Å². The maximum absolute atomic E-state index is 13.0. The minimum Gasteiger partial charge on any atom is -0.369 e. The second-order valence-electron chi connectivity index (χ2n) is 7.45. The molecule has 1 N–H and O–H groups in total. The van der Waals surface area contributed by atoms with E-state index in [1.165, 1.54) is 0 Å². The number of piperidine rings is 1. The zero-order chi connectivity index (χ0) is 19.7. The van der Waals surface area contributed by atoms with E-state index in [0.29, 0.717) is 23.6 Å². The Kier molecular flexibility index (Phi) is 4.74. The number of aromatic amines is 1. The van der Waals surface area contributed by atoms with Gasteiger partial charge in [-0.25, -0.2) is 4.98 Å². The number of carbonyl (C=O) groups is 1. The Balaban J connectivity index is 1.57. The predicted octanol–water partition coefficient (Wildman–Crippen LogP) is 3.42. The highest BCUT2D eigenvalue weighted by Crippen LogP contribution is 2.30. The molecule has 4 rings (SSSR count). The standard InChI is InChI=1S/C22H23N5O/c1-15-9-12-27(22(28)17-5-3-16(13-23)4-6-17)14-20(15)26(2)19-8-11-25-21-18(19)7-10-24-21/h3-8,10-11,15,20H,9,12,14H2,1-2H3,(H,24,25)/t15-,20+/m1/s1. The summed E-state index contributed by atoms with van der Waals surface area (Å²) in [5, 5.41) is 10.0. The van der Waals surface area contributed by atoms with E-state index in [1.807, 2.05) is 29.4 Å². The summed E-state index contributed by atoms with van der Waals surface area (Å²) >= 11 is 0. The van der Waals surface area contributed by atoms with Crippen LogP contribution in [-0.4, -0.2) is 47.0 Å². The van der Waals surface area contributed by atoms with Gasteiger partial charge in [-0.3, -0.25) is 4.79 Å². The third-order valence-electron chi connectivity index (χ3n) is 5.78. The minimum atomic E-state index is 0.0244. The lowest BCUT2D eigenvalue weighted by molar-refractivity contribution is 0.0670. The lowest BCUT2D eigenvalue weighted by Gasteiger charge is -2.42. The first-order valence-electron chi connectivity index (χ1n) is 9.53. The molecule has 0 unspecified atom stereocenters. The molecule has 1 saturated heterocycles. The van der Waals surface area contributed by atoms with E-state index in [0.717, 1.165) is 29.7 Å². The van der Waals surface area contributed by atoms with Crippen LogP contribution in [-0.2, 0) is 0 Å². The number of carbonyl (C=O) groups excluding carboxylic acids is 1. The molecule has 6 nitrogen and oxygen atoms in total. The molecule has 1 amide bonds. The third kappa shape index (κ3) is 3.20. The summed E-state index contributed by atoms with van der Waals surface area (Å²) in [4.78, 5) is 24.7. The number of rotatable bonds is 3. The summed E-state index contributed by atoms with van der Waals surface area (Å²) in [7, 11) is 2.10. The number of nitrogens with zero attached hydrogens (tertiary/aromatic N) is 4. The van der Waals surface area contributed by atoms with Crippen molar-refractivity contribution in [1.29, 1.82) is 5.26 Å². The molecule has 2 aromatic heterocycles. The van der Waals surface area contributed by atoms with Gasteiger partial charge in [-0.2, -0.15) is 5.26 Å². The van der Waals surface area contributed by atoms with E-state index in [4.69, 9.17) is 5.26 Å². The van der Waals surface area contributed by atoms with Crippen molar-refractivity contribution in [2.75, 3.05) is 25.0 Å².